The average Bonchev–Trinajstić information content (AvgIpc) is 3.10. The molecule has 1 aromatic heterocycles. The molecule has 1 amide bonds. The molecule has 0 unspecified atom stereocenters. The highest BCUT2D eigenvalue weighted by Crippen LogP contribution is 2.32. The van der Waals surface area contributed by atoms with Crippen molar-refractivity contribution in [3.63, 3.8) is 0 Å². The summed E-state index contributed by atoms with van der Waals surface area (Å²) in [6, 6.07) is 8.97. The minimum Gasteiger partial charge on any atom is -0.332 e. The number of piperidine rings is 1. The standard InChI is InChI=1S/C20H27N3O/c1-4-22-14-18(13-21-22)20(24)23-12-6-5-7-19(23)17-10-8-16(9-11-17)15(2)3/h8-11,13-15,19H,4-7,12H2,1-3H3/t19-/m1/s1. The average molecular weight is 325 g/mol. The van der Waals surface area contributed by atoms with E-state index in [0.29, 0.717) is 11.5 Å². The third-order valence-corrected chi connectivity index (χ3v) is 4.96. The minimum absolute atomic E-state index is 0.104. The molecule has 0 N–H and O–H groups in total. The van der Waals surface area contributed by atoms with E-state index in [1.54, 1.807) is 6.20 Å². The lowest BCUT2D eigenvalue weighted by molar-refractivity contribution is 0.0611. The Hall–Kier alpha value is -2.10. The van der Waals surface area contributed by atoms with Crippen molar-refractivity contribution in [1.29, 1.82) is 0 Å². The normalized spacial score (nSPS) is 18.2. The van der Waals surface area contributed by atoms with Crippen molar-refractivity contribution >= 4 is 5.91 Å². The van der Waals surface area contributed by atoms with Crippen LogP contribution < -0.4 is 0 Å². The highest BCUT2D eigenvalue weighted by atomic mass is 16.2. The number of nitrogens with zero attached hydrogens (tertiary/aromatic N) is 3. The molecule has 1 aliphatic heterocycles. The molecule has 3 rings (SSSR count). The van der Waals surface area contributed by atoms with E-state index in [1.807, 2.05) is 22.7 Å². The van der Waals surface area contributed by atoms with Crippen LogP contribution in [0.1, 0.15) is 73.5 Å². The first-order valence-electron chi connectivity index (χ1n) is 9.03. The van der Waals surface area contributed by atoms with E-state index in [1.165, 1.54) is 17.5 Å². The number of hydrogen-bond acceptors (Lipinski definition) is 2. The molecule has 0 radical (unpaired) electrons. The van der Waals surface area contributed by atoms with Crippen molar-refractivity contribution in [2.24, 2.45) is 0 Å². The number of likely N-dealkylation sites (tertiary alicyclic amines) is 1. The number of amides is 1. The van der Waals surface area contributed by atoms with E-state index in [9.17, 15) is 4.79 Å². The van der Waals surface area contributed by atoms with Crippen LogP contribution in [0.15, 0.2) is 36.7 Å². The summed E-state index contributed by atoms with van der Waals surface area (Å²) in [5.74, 6) is 0.635. The smallest absolute Gasteiger partial charge is 0.257 e. The molecule has 1 aliphatic rings. The molecule has 2 heterocycles. The van der Waals surface area contributed by atoms with Crippen LogP contribution in [0.3, 0.4) is 0 Å². The van der Waals surface area contributed by atoms with Crippen LogP contribution in [0.2, 0.25) is 0 Å². The Bertz CT molecular complexity index is 687. The maximum Gasteiger partial charge on any atom is 0.257 e. The predicted octanol–water partition coefficient (Wildman–Crippen LogP) is 4.39. The number of aromatic nitrogens is 2. The first kappa shape index (κ1) is 16.7. The zero-order valence-electron chi connectivity index (χ0n) is 14.9. The fourth-order valence-corrected chi connectivity index (χ4v) is 3.44. The van der Waals surface area contributed by atoms with Crippen LogP contribution in [0.25, 0.3) is 0 Å². The second-order valence-electron chi connectivity index (χ2n) is 6.92. The monoisotopic (exact) mass is 325 g/mol. The van der Waals surface area contributed by atoms with Crippen LogP contribution in [-0.2, 0) is 6.54 Å². The number of rotatable bonds is 4. The predicted molar refractivity (Wildman–Crippen MR) is 96.1 cm³/mol. The fraction of sp³-hybridized carbons (Fsp3) is 0.500. The Balaban J connectivity index is 1.83. The van der Waals surface area contributed by atoms with E-state index in [4.69, 9.17) is 0 Å². The molecule has 0 spiro atoms. The Morgan fingerprint density at radius 1 is 1.25 bits per heavy atom. The van der Waals surface area contributed by atoms with E-state index >= 15 is 0 Å². The minimum atomic E-state index is 0.104. The van der Waals surface area contributed by atoms with Crippen LogP contribution in [0.4, 0.5) is 0 Å². The van der Waals surface area contributed by atoms with Gasteiger partial charge in [0.05, 0.1) is 17.8 Å². The summed E-state index contributed by atoms with van der Waals surface area (Å²) in [6.45, 7) is 8.05. The lowest BCUT2D eigenvalue weighted by Gasteiger charge is -2.36. The summed E-state index contributed by atoms with van der Waals surface area (Å²) >= 11 is 0. The van der Waals surface area contributed by atoms with Gasteiger partial charge in [-0.1, -0.05) is 38.1 Å². The summed E-state index contributed by atoms with van der Waals surface area (Å²) in [4.78, 5) is 15.0. The highest BCUT2D eigenvalue weighted by Gasteiger charge is 2.29. The zero-order valence-corrected chi connectivity index (χ0v) is 14.9. The molecule has 128 valence electrons. The Morgan fingerprint density at radius 3 is 2.62 bits per heavy atom. The summed E-state index contributed by atoms with van der Waals surface area (Å²) in [5, 5.41) is 4.25. The van der Waals surface area contributed by atoms with E-state index < -0.39 is 0 Å². The number of carbonyl (C=O) groups is 1. The van der Waals surface area contributed by atoms with Crippen molar-refractivity contribution in [3.8, 4) is 0 Å². The number of hydrogen-bond donors (Lipinski definition) is 0. The topological polar surface area (TPSA) is 38.1 Å². The molecule has 1 aromatic carbocycles. The summed E-state index contributed by atoms with van der Waals surface area (Å²) < 4.78 is 1.81. The van der Waals surface area contributed by atoms with Crippen molar-refractivity contribution < 1.29 is 4.79 Å². The summed E-state index contributed by atoms with van der Waals surface area (Å²) in [6.07, 6.45) is 6.84. The first-order chi connectivity index (χ1) is 11.6. The van der Waals surface area contributed by atoms with Gasteiger partial charge in [-0.3, -0.25) is 9.48 Å². The van der Waals surface area contributed by atoms with E-state index in [2.05, 4.69) is 43.2 Å². The quantitative estimate of drug-likeness (QED) is 0.836. The molecule has 1 atom stereocenters. The molecule has 1 fully saturated rings. The lowest BCUT2D eigenvalue weighted by atomic mass is 9.92. The van der Waals surface area contributed by atoms with Gasteiger partial charge in [-0.15, -0.1) is 0 Å². The van der Waals surface area contributed by atoms with Crippen LogP contribution in [0, 0.1) is 0 Å². The molecule has 4 nitrogen and oxygen atoms in total. The maximum absolute atomic E-state index is 13.0. The van der Waals surface area contributed by atoms with E-state index in [0.717, 1.165) is 25.9 Å². The van der Waals surface area contributed by atoms with Gasteiger partial charge in [-0.2, -0.15) is 5.10 Å². The van der Waals surface area contributed by atoms with Crippen molar-refractivity contribution in [1.82, 2.24) is 14.7 Å². The first-order valence-corrected chi connectivity index (χ1v) is 9.03. The van der Waals surface area contributed by atoms with Crippen LogP contribution in [-0.4, -0.2) is 27.1 Å². The number of benzene rings is 1. The van der Waals surface area contributed by atoms with Gasteiger partial charge >= 0.3 is 0 Å². The van der Waals surface area contributed by atoms with Crippen molar-refractivity contribution in [3.05, 3.63) is 53.3 Å². The third kappa shape index (κ3) is 3.37. The molecule has 1 saturated heterocycles. The van der Waals surface area contributed by atoms with Gasteiger partial charge in [0.1, 0.15) is 0 Å². The lowest BCUT2D eigenvalue weighted by Crippen LogP contribution is -2.38. The number of aryl methyl sites for hydroxylation is 1. The largest absolute Gasteiger partial charge is 0.332 e. The summed E-state index contributed by atoms with van der Waals surface area (Å²) in [5.41, 5.74) is 3.29. The van der Waals surface area contributed by atoms with Gasteiger partial charge in [-0.25, -0.2) is 0 Å². The van der Waals surface area contributed by atoms with Gasteiger partial charge < -0.3 is 4.90 Å². The zero-order chi connectivity index (χ0) is 17.1. The second-order valence-corrected chi connectivity index (χ2v) is 6.92. The van der Waals surface area contributed by atoms with Crippen molar-refractivity contribution in [2.75, 3.05) is 6.54 Å². The highest BCUT2D eigenvalue weighted by molar-refractivity contribution is 5.94. The van der Waals surface area contributed by atoms with Crippen LogP contribution in [0.5, 0.6) is 0 Å². The molecule has 4 heteroatoms. The fourth-order valence-electron chi connectivity index (χ4n) is 3.44. The number of carbonyl (C=O) groups excluding carboxylic acids is 1. The molecule has 0 saturated carbocycles. The molecule has 24 heavy (non-hydrogen) atoms. The maximum atomic E-state index is 13.0. The second kappa shape index (κ2) is 7.20. The van der Waals surface area contributed by atoms with Gasteiger partial charge in [0.25, 0.3) is 5.91 Å². The third-order valence-electron chi connectivity index (χ3n) is 4.96. The van der Waals surface area contributed by atoms with Crippen LogP contribution >= 0.6 is 0 Å². The Labute approximate surface area is 144 Å². The van der Waals surface area contributed by atoms with Gasteiger partial charge in [-0.05, 0) is 43.2 Å². The van der Waals surface area contributed by atoms with Gasteiger partial charge in [0, 0.05) is 19.3 Å². The summed E-state index contributed by atoms with van der Waals surface area (Å²) in [7, 11) is 0. The van der Waals surface area contributed by atoms with Crippen molar-refractivity contribution in [2.45, 2.75) is 58.5 Å². The van der Waals surface area contributed by atoms with Gasteiger partial charge in [0.2, 0.25) is 0 Å². The molecule has 0 aliphatic carbocycles. The Morgan fingerprint density at radius 2 is 2.00 bits per heavy atom. The molecular formula is C20H27N3O. The SMILES string of the molecule is CCn1cc(C(=O)N2CCCC[C@@H]2c2ccc(C(C)C)cc2)cn1. The van der Waals surface area contributed by atoms with Gasteiger partial charge in [0.15, 0.2) is 0 Å². The van der Waals surface area contributed by atoms with E-state index in [-0.39, 0.29) is 11.9 Å². The molecule has 2 aromatic rings. The molecular weight excluding hydrogens is 298 g/mol. The Kier molecular flexibility index (Phi) is 5.03. The molecule has 0 bridgehead atoms.